The molecule has 53 heavy (non-hydrogen) atoms. The van der Waals surface area contributed by atoms with E-state index in [1.807, 2.05) is 69.6 Å². The number of ether oxygens (including phenoxy) is 1. The lowest BCUT2D eigenvalue weighted by Gasteiger charge is -2.35. The Hall–Kier alpha value is -4.04. The van der Waals surface area contributed by atoms with Crippen LogP contribution < -0.4 is 26.8 Å². The Labute approximate surface area is 320 Å². The van der Waals surface area contributed by atoms with Crippen molar-refractivity contribution in [2.75, 3.05) is 13.2 Å². The van der Waals surface area contributed by atoms with Crippen LogP contribution >= 0.6 is 22.9 Å². The molecule has 1 saturated heterocycles. The van der Waals surface area contributed by atoms with Crippen LogP contribution in [-0.4, -0.2) is 76.0 Å². The van der Waals surface area contributed by atoms with Gasteiger partial charge in [-0.1, -0.05) is 68.8 Å². The standard InChI is InChI=1S/C39H51ClN6O6S/c1-23-34(53-22-43-23)25-11-13-26(14-12-25)39(17-18-39)45-36(50)29-19-28(47)20-46(29)37(51)35(38(2,3)4)44-32(49)10-6-8-24-7-5-9-30(33(24)40)52-21-27(41)15-16-31(42)48/h5,7,9,11-14,22,27-29,35,47H,6,8,10,15-21,41H2,1-4H3,(H2,42,48)(H,44,49)(H,45,50)/t27-,28+,29-,35?/m0/s1. The summed E-state index contributed by atoms with van der Waals surface area (Å²) in [6.07, 6.45) is 2.45. The van der Waals surface area contributed by atoms with Crippen LogP contribution in [0.4, 0.5) is 0 Å². The van der Waals surface area contributed by atoms with Crippen molar-refractivity contribution in [3.05, 3.63) is 69.8 Å². The highest BCUT2D eigenvalue weighted by molar-refractivity contribution is 7.13. The topological polar surface area (TPSA) is 190 Å². The summed E-state index contributed by atoms with van der Waals surface area (Å²) in [7, 11) is 0. The van der Waals surface area contributed by atoms with Gasteiger partial charge in [-0.2, -0.15) is 0 Å². The molecular formula is C39H51ClN6O6S. The highest BCUT2D eigenvalue weighted by Crippen LogP contribution is 2.46. The Morgan fingerprint density at radius 2 is 1.85 bits per heavy atom. The fraction of sp³-hybridized carbons (Fsp3) is 0.513. The van der Waals surface area contributed by atoms with Crippen molar-refractivity contribution < 1.29 is 29.0 Å². The molecule has 286 valence electrons. The third kappa shape index (κ3) is 10.1. The van der Waals surface area contributed by atoms with Gasteiger partial charge >= 0.3 is 0 Å². The van der Waals surface area contributed by atoms with Crippen LogP contribution in [0.5, 0.6) is 5.75 Å². The highest BCUT2D eigenvalue weighted by Gasteiger charge is 2.50. The number of aliphatic hydroxyl groups is 1. The SMILES string of the molecule is Cc1ncsc1-c1ccc(C2(NC(=O)[C@@H]3C[C@@H](O)CN3C(=O)C(NC(=O)CCCc3cccc(OC[C@@H](N)CCC(N)=O)c3Cl)C(C)(C)C)CC2)cc1. The molecule has 4 amide bonds. The van der Waals surface area contributed by atoms with E-state index in [1.54, 1.807) is 17.4 Å². The Morgan fingerprint density at radius 3 is 2.47 bits per heavy atom. The average molecular weight is 767 g/mol. The Bertz CT molecular complexity index is 1790. The first kappa shape index (κ1) is 40.2. The monoisotopic (exact) mass is 766 g/mol. The van der Waals surface area contributed by atoms with Gasteiger partial charge in [0.15, 0.2) is 0 Å². The number of nitrogens with two attached hydrogens (primary N) is 2. The van der Waals surface area contributed by atoms with E-state index in [0.29, 0.717) is 30.0 Å². The first-order valence-corrected chi connectivity index (χ1v) is 19.4. The van der Waals surface area contributed by atoms with Crippen molar-refractivity contribution >= 4 is 46.6 Å². The third-order valence-electron chi connectivity index (χ3n) is 9.95. The quantitative estimate of drug-likeness (QED) is 0.142. The molecule has 2 fully saturated rings. The van der Waals surface area contributed by atoms with Gasteiger partial charge in [-0.25, -0.2) is 4.98 Å². The summed E-state index contributed by atoms with van der Waals surface area (Å²) in [6.45, 7) is 7.73. The van der Waals surface area contributed by atoms with Gasteiger partial charge < -0.3 is 36.8 Å². The van der Waals surface area contributed by atoms with Crippen LogP contribution in [0, 0.1) is 12.3 Å². The van der Waals surface area contributed by atoms with E-state index >= 15 is 0 Å². The number of nitrogens with one attached hydrogen (secondary N) is 2. The van der Waals surface area contributed by atoms with E-state index in [0.717, 1.165) is 40.1 Å². The molecule has 1 aliphatic heterocycles. The fourth-order valence-corrected chi connectivity index (χ4v) is 7.80. The van der Waals surface area contributed by atoms with E-state index in [2.05, 4.69) is 15.6 Å². The molecule has 4 atom stereocenters. The summed E-state index contributed by atoms with van der Waals surface area (Å²) in [5, 5.41) is 17.2. The number of carbonyl (C=O) groups is 4. The molecule has 14 heteroatoms. The zero-order valence-corrected chi connectivity index (χ0v) is 32.4. The lowest BCUT2D eigenvalue weighted by Crippen LogP contribution is -2.58. The number of β-amino-alcohol motifs (C(OH)–C–C–N with tert-alkyl or cyclic N) is 1. The van der Waals surface area contributed by atoms with Crippen molar-refractivity contribution in [2.45, 2.75) is 109 Å². The van der Waals surface area contributed by atoms with Crippen molar-refractivity contribution in [1.82, 2.24) is 20.5 Å². The second-order valence-corrected chi connectivity index (χ2v) is 16.6. The molecule has 3 aromatic rings. The molecule has 5 rings (SSSR count). The normalized spacial score (nSPS) is 19.0. The lowest BCUT2D eigenvalue weighted by atomic mass is 9.85. The number of amides is 4. The predicted molar refractivity (Wildman–Crippen MR) is 205 cm³/mol. The van der Waals surface area contributed by atoms with Gasteiger partial charge in [-0.3, -0.25) is 19.2 Å². The minimum Gasteiger partial charge on any atom is -0.490 e. The number of aromatic nitrogens is 1. The number of carbonyl (C=O) groups excluding carboxylic acids is 4. The number of aliphatic hydroxyl groups excluding tert-OH is 1. The zero-order valence-electron chi connectivity index (χ0n) is 30.8. The number of likely N-dealkylation sites (tertiary alicyclic amines) is 1. The van der Waals surface area contributed by atoms with E-state index in [4.69, 9.17) is 27.8 Å². The lowest BCUT2D eigenvalue weighted by molar-refractivity contribution is -0.144. The molecule has 0 spiro atoms. The van der Waals surface area contributed by atoms with Gasteiger partial charge in [0.2, 0.25) is 23.6 Å². The summed E-state index contributed by atoms with van der Waals surface area (Å²) in [4.78, 5) is 59.1. The number of rotatable bonds is 16. The van der Waals surface area contributed by atoms with Gasteiger partial charge in [-0.15, -0.1) is 11.3 Å². The summed E-state index contributed by atoms with van der Waals surface area (Å²) in [5.41, 5.74) is 15.7. The molecule has 7 N–H and O–H groups in total. The van der Waals surface area contributed by atoms with Crippen LogP contribution in [0.3, 0.4) is 0 Å². The van der Waals surface area contributed by atoms with Crippen LogP contribution in [0.25, 0.3) is 10.4 Å². The number of nitrogens with zero attached hydrogens (tertiary/aromatic N) is 2. The largest absolute Gasteiger partial charge is 0.490 e. The molecular weight excluding hydrogens is 716 g/mol. The second-order valence-electron chi connectivity index (χ2n) is 15.3. The molecule has 12 nitrogen and oxygen atoms in total. The third-order valence-corrected chi connectivity index (χ3v) is 11.4. The fourth-order valence-electron chi connectivity index (χ4n) is 6.71. The average Bonchev–Trinajstić information content (AvgIpc) is 3.57. The van der Waals surface area contributed by atoms with Crippen molar-refractivity contribution in [1.29, 1.82) is 0 Å². The number of hydrogen-bond donors (Lipinski definition) is 5. The number of aryl methyl sites for hydroxylation is 2. The smallest absolute Gasteiger partial charge is 0.246 e. The molecule has 0 bridgehead atoms. The number of hydrogen-bond acceptors (Lipinski definition) is 9. The first-order valence-electron chi connectivity index (χ1n) is 18.1. The minimum atomic E-state index is -0.924. The minimum absolute atomic E-state index is 0.00221. The second kappa shape index (κ2) is 17.0. The molecule has 2 heterocycles. The number of benzene rings is 2. The maximum absolute atomic E-state index is 14.1. The Balaban J connectivity index is 1.17. The Kier molecular flexibility index (Phi) is 12.9. The maximum Gasteiger partial charge on any atom is 0.246 e. The Morgan fingerprint density at radius 1 is 1.13 bits per heavy atom. The maximum atomic E-state index is 14.1. The molecule has 1 aromatic heterocycles. The van der Waals surface area contributed by atoms with E-state index in [9.17, 15) is 24.3 Å². The number of thiazole rings is 1. The van der Waals surface area contributed by atoms with Crippen molar-refractivity contribution in [2.24, 2.45) is 16.9 Å². The van der Waals surface area contributed by atoms with Gasteiger partial charge in [0.1, 0.15) is 24.4 Å². The summed E-state index contributed by atoms with van der Waals surface area (Å²) in [5.74, 6) is -0.993. The predicted octanol–water partition coefficient (Wildman–Crippen LogP) is 4.36. The van der Waals surface area contributed by atoms with Crippen LogP contribution in [0.15, 0.2) is 48.0 Å². The highest BCUT2D eigenvalue weighted by atomic mass is 35.5. The van der Waals surface area contributed by atoms with Gasteiger partial charge in [0.25, 0.3) is 0 Å². The van der Waals surface area contributed by atoms with E-state index < -0.39 is 41.0 Å². The van der Waals surface area contributed by atoms with Gasteiger partial charge in [0.05, 0.1) is 32.7 Å². The summed E-state index contributed by atoms with van der Waals surface area (Å²) in [6, 6.07) is 11.4. The molecule has 0 radical (unpaired) electrons. The van der Waals surface area contributed by atoms with Crippen molar-refractivity contribution in [3.8, 4) is 16.2 Å². The molecule has 1 aliphatic carbocycles. The number of halogens is 1. The molecule has 2 aliphatic rings. The summed E-state index contributed by atoms with van der Waals surface area (Å²) < 4.78 is 5.79. The van der Waals surface area contributed by atoms with Crippen molar-refractivity contribution in [3.63, 3.8) is 0 Å². The van der Waals surface area contributed by atoms with Gasteiger partial charge in [0, 0.05) is 31.8 Å². The van der Waals surface area contributed by atoms with Gasteiger partial charge in [-0.05, 0) is 67.2 Å². The molecule has 2 aromatic carbocycles. The van der Waals surface area contributed by atoms with E-state index in [1.165, 1.54) is 4.90 Å². The summed E-state index contributed by atoms with van der Waals surface area (Å²) >= 11 is 8.20. The van der Waals surface area contributed by atoms with E-state index in [-0.39, 0.29) is 50.3 Å². The molecule has 1 saturated carbocycles. The first-order chi connectivity index (χ1) is 25.1. The zero-order chi connectivity index (χ0) is 38.5. The van der Waals surface area contributed by atoms with Crippen LogP contribution in [0.1, 0.15) is 82.5 Å². The molecule has 1 unspecified atom stereocenters. The van der Waals surface area contributed by atoms with Crippen LogP contribution in [-0.2, 0) is 31.1 Å². The number of primary amides is 1. The van der Waals surface area contributed by atoms with Crippen LogP contribution in [0.2, 0.25) is 5.02 Å².